The van der Waals surface area contributed by atoms with E-state index in [9.17, 15) is 0 Å². The summed E-state index contributed by atoms with van der Waals surface area (Å²) in [7, 11) is 0. The highest BCUT2D eigenvalue weighted by Gasteiger charge is 2.20. The largest absolute Gasteiger partial charge is 0.488 e. The summed E-state index contributed by atoms with van der Waals surface area (Å²) in [5.41, 5.74) is 0. The minimum atomic E-state index is -0.196. The van der Waals surface area contributed by atoms with Crippen LogP contribution in [-0.2, 0) is 33.2 Å². The second-order valence-corrected chi connectivity index (χ2v) is 5.82. The summed E-state index contributed by atoms with van der Waals surface area (Å²) in [5.74, 6) is 1.42. The van der Waals surface area contributed by atoms with Crippen molar-refractivity contribution in [1.82, 2.24) is 0 Å². The van der Waals surface area contributed by atoms with E-state index in [1.807, 2.05) is 36.5 Å². The van der Waals surface area contributed by atoms with E-state index in [4.69, 9.17) is 33.2 Å². The van der Waals surface area contributed by atoms with E-state index in [1.165, 1.54) is 0 Å². The van der Waals surface area contributed by atoms with E-state index in [0.717, 1.165) is 18.6 Å². The zero-order chi connectivity index (χ0) is 17.9. The molecule has 0 bridgehead atoms. The molecule has 0 aromatic rings. The highest BCUT2D eigenvalue weighted by molar-refractivity contribution is 5.23. The fraction of sp³-hybridized carbons (Fsp3) is 0.579. The SMILES string of the molecule is C1=CC2OCCOCCOC3=CCCC=C3OCOCOCOC2C=C1. The zero-order valence-electron chi connectivity index (χ0n) is 14.8. The highest BCUT2D eigenvalue weighted by Crippen LogP contribution is 2.21. The van der Waals surface area contributed by atoms with Gasteiger partial charge in [0.15, 0.2) is 31.9 Å². The molecule has 7 nitrogen and oxygen atoms in total. The third-order valence-corrected chi connectivity index (χ3v) is 3.94. The van der Waals surface area contributed by atoms with Gasteiger partial charge in [-0.25, -0.2) is 0 Å². The van der Waals surface area contributed by atoms with Crippen LogP contribution < -0.4 is 0 Å². The van der Waals surface area contributed by atoms with Crippen molar-refractivity contribution in [1.29, 1.82) is 0 Å². The summed E-state index contributed by atoms with van der Waals surface area (Å²) in [6.07, 6.45) is 13.3. The summed E-state index contributed by atoms with van der Waals surface area (Å²) in [4.78, 5) is 0. The lowest BCUT2D eigenvalue weighted by Gasteiger charge is -2.24. The molecule has 1 heterocycles. The Bertz CT molecular complexity index is 490. The van der Waals surface area contributed by atoms with Crippen LogP contribution in [0.2, 0.25) is 0 Å². The minimum Gasteiger partial charge on any atom is -0.488 e. The Hall–Kier alpha value is -1.64. The van der Waals surface area contributed by atoms with Crippen LogP contribution in [0.4, 0.5) is 0 Å². The molecule has 0 saturated carbocycles. The summed E-state index contributed by atoms with van der Waals surface area (Å²) >= 11 is 0. The van der Waals surface area contributed by atoms with Gasteiger partial charge in [-0.05, 0) is 25.0 Å². The smallest absolute Gasteiger partial charge is 0.191 e. The van der Waals surface area contributed by atoms with Gasteiger partial charge in [0.1, 0.15) is 18.8 Å². The Kier molecular flexibility index (Phi) is 8.21. The van der Waals surface area contributed by atoms with Gasteiger partial charge in [0.05, 0.1) is 19.8 Å². The molecule has 0 radical (unpaired) electrons. The maximum Gasteiger partial charge on any atom is 0.191 e. The van der Waals surface area contributed by atoms with Crippen molar-refractivity contribution in [2.45, 2.75) is 25.0 Å². The van der Waals surface area contributed by atoms with Crippen molar-refractivity contribution >= 4 is 0 Å². The van der Waals surface area contributed by atoms with Crippen molar-refractivity contribution < 1.29 is 33.2 Å². The van der Waals surface area contributed by atoms with E-state index >= 15 is 0 Å². The van der Waals surface area contributed by atoms with E-state index < -0.39 is 0 Å². The standard InChI is InChI=1S/C19H26O7/c1-3-7-18-16(5-1)23-11-9-20-10-12-24-17-6-2-4-8-19(17)26-15-22-13-21-14-25-18/h1,3,5-8,16,18H,2,4,9-15H2. The third kappa shape index (κ3) is 6.26. The van der Waals surface area contributed by atoms with Crippen LogP contribution in [0.25, 0.3) is 0 Å². The van der Waals surface area contributed by atoms with Crippen molar-refractivity contribution in [2.75, 3.05) is 46.8 Å². The molecule has 0 N–H and O–H groups in total. The first kappa shape index (κ1) is 19.1. The van der Waals surface area contributed by atoms with Crippen molar-refractivity contribution in [2.24, 2.45) is 0 Å². The van der Waals surface area contributed by atoms with Gasteiger partial charge < -0.3 is 33.2 Å². The Morgan fingerprint density at radius 3 is 2.15 bits per heavy atom. The van der Waals surface area contributed by atoms with Gasteiger partial charge in [-0.15, -0.1) is 0 Å². The number of allylic oxidation sites excluding steroid dienone is 4. The molecule has 0 aromatic carbocycles. The van der Waals surface area contributed by atoms with Crippen molar-refractivity contribution in [3.05, 3.63) is 48.0 Å². The molecule has 144 valence electrons. The molecule has 2 unspecified atom stereocenters. The van der Waals surface area contributed by atoms with Gasteiger partial charge in [0.2, 0.25) is 0 Å². The number of ether oxygens (including phenoxy) is 7. The van der Waals surface area contributed by atoms with E-state index in [0.29, 0.717) is 32.2 Å². The molecular weight excluding hydrogens is 340 g/mol. The highest BCUT2D eigenvalue weighted by atomic mass is 16.8. The van der Waals surface area contributed by atoms with E-state index in [1.54, 1.807) is 0 Å². The van der Waals surface area contributed by atoms with Crippen LogP contribution in [0.3, 0.4) is 0 Å². The van der Waals surface area contributed by atoms with Gasteiger partial charge in [-0.1, -0.05) is 24.3 Å². The summed E-state index contributed by atoms with van der Waals surface area (Å²) in [6, 6.07) is 0. The van der Waals surface area contributed by atoms with Gasteiger partial charge in [0.25, 0.3) is 0 Å². The summed E-state index contributed by atoms with van der Waals surface area (Å²) in [6.45, 7) is 2.18. The zero-order valence-corrected chi connectivity index (χ0v) is 14.8. The monoisotopic (exact) mass is 366 g/mol. The van der Waals surface area contributed by atoms with Crippen LogP contribution in [0.5, 0.6) is 0 Å². The molecule has 0 spiro atoms. The van der Waals surface area contributed by atoms with Gasteiger partial charge >= 0.3 is 0 Å². The molecular formula is C19H26O7. The Morgan fingerprint density at radius 1 is 0.615 bits per heavy atom. The quantitative estimate of drug-likeness (QED) is 0.652. The lowest BCUT2D eigenvalue weighted by Crippen LogP contribution is -2.31. The van der Waals surface area contributed by atoms with Crippen LogP contribution in [0.1, 0.15) is 12.8 Å². The average Bonchev–Trinajstić information content (AvgIpc) is 2.68. The molecule has 0 amide bonds. The molecule has 0 aromatic heterocycles. The minimum absolute atomic E-state index is 0.0822. The normalized spacial score (nSPS) is 28.9. The number of hydrogen-bond acceptors (Lipinski definition) is 7. The molecule has 1 aliphatic heterocycles. The van der Waals surface area contributed by atoms with Gasteiger partial charge in [0, 0.05) is 0 Å². The first-order valence-corrected chi connectivity index (χ1v) is 8.91. The molecule has 7 heteroatoms. The van der Waals surface area contributed by atoms with Crippen LogP contribution in [0, 0.1) is 0 Å². The average molecular weight is 366 g/mol. The molecule has 2 aliphatic carbocycles. The van der Waals surface area contributed by atoms with Gasteiger partial charge in [-0.2, -0.15) is 0 Å². The van der Waals surface area contributed by atoms with Crippen LogP contribution in [-0.4, -0.2) is 59.0 Å². The van der Waals surface area contributed by atoms with E-state index in [-0.39, 0.29) is 32.6 Å². The number of rotatable bonds is 0. The lowest BCUT2D eigenvalue weighted by atomic mass is 10.1. The Morgan fingerprint density at radius 2 is 1.31 bits per heavy atom. The predicted molar refractivity (Wildman–Crippen MR) is 92.9 cm³/mol. The molecule has 1 fully saturated rings. The molecule has 1 saturated heterocycles. The maximum atomic E-state index is 5.82. The first-order chi connectivity index (χ1) is 12.9. The first-order valence-electron chi connectivity index (χ1n) is 8.91. The van der Waals surface area contributed by atoms with Gasteiger partial charge in [-0.3, -0.25) is 0 Å². The topological polar surface area (TPSA) is 64.6 Å². The van der Waals surface area contributed by atoms with Crippen LogP contribution >= 0.6 is 0 Å². The fourth-order valence-corrected chi connectivity index (χ4v) is 2.67. The number of fused-ring (bicyclic) bond motifs is 2. The van der Waals surface area contributed by atoms with E-state index in [2.05, 4.69) is 0 Å². The summed E-state index contributed by atoms with van der Waals surface area (Å²) in [5, 5.41) is 0. The summed E-state index contributed by atoms with van der Waals surface area (Å²) < 4.78 is 39.1. The molecule has 3 aliphatic rings. The van der Waals surface area contributed by atoms with Crippen LogP contribution in [0.15, 0.2) is 48.0 Å². The Balaban J connectivity index is 1.49. The molecule has 26 heavy (non-hydrogen) atoms. The second-order valence-electron chi connectivity index (χ2n) is 5.82. The second kappa shape index (κ2) is 11.2. The predicted octanol–water partition coefficient (Wildman–Crippen LogP) is 2.41. The maximum absolute atomic E-state index is 5.82. The lowest BCUT2D eigenvalue weighted by molar-refractivity contribution is -0.180. The van der Waals surface area contributed by atoms with Crippen molar-refractivity contribution in [3.8, 4) is 0 Å². The Labute approximate surface area is 153 Å². The fourth-order valence-electron chi connectivity index (χ4n) is 2.67. The molecule has 3 rings (SSSR count). The van der Waals surface area contributed by atoms with Crippen molar-refractivity contribution in [3.63, 3.8) is 0 Å². The number of hydrogen-bond donors (Lipinski definition) is 0. The third-order valence-electron chi connectivity index (χ3n) is 3.94. The molecule has 2 atom stereocenters.